The van der Waals surface area contributed by atoms with E-state index in [1.54, 1.807) is 18.7 Å². The highest BCUT2D eigenvalue weighted by atomic mass is 32.2. The summed E-state index contributed by atoms with van der Waals surface area (Å²) in [6, 6.07) is 0. The van der Waals surface area contributed by atoms with E-state index in [9.17, 15) is 13.2 Å². The Balaban J connectivity index is 2.67. The minimum Gasteiger partial charge on any atom is -0.372 e. The van der Waals surface area contributed by atoms with E-state index in [4.69, 9.17) is 4.74 Å². The third-order valence-corrected chi connectivity index (χ3v) is 6.08. The van der Waals surface area contributed by atoms with Gasteiger partial charge in [0.1, 0.15) is 12.0 Å². The highest BCUT2D eigenvalue weighted by Gasteiger charge is 2.35. The van der Waals surface area contributed by atoms with Gasteiger partial charge in [-0.1, -0.05) is 13.8 Å². The Labute approximate surface area is 113 Å². The number of sulfone groups is 1. The molecule has 0 spiro atoms. The van der Waals surface area contributed by atoms with Crippen LogP contribution in [0, 0.1) is 0 Å². The highest BCUT2D eigenvalue weighted by Crippen LogP contribution is 2.21. The monoisotopic (exact) mass is 295 g/mol. The van der Waals surface area contributed by atoms with Crippen molar-refractivity contribution >= 4 is 27.5 Å². The lowest BCUT2D eigenvalue weighted by atomic mass is 10.4. The fourth-order valence-corrected chi connectivity index (χ4v) is 4.73. The molecule has 0 aromatic heterocycles. The predicted octanol–water partition coefficient (Wildman–Crippen LogP) is 0.749. The zero-order valence-electron chi connectivity index (χ0n) is 10.9. The van der Waals surface area contributed by atoms with Gasteiger partial charge in [0.05, 0.1) is 0 Å². The second-order valence-electron chi connectivity index (χ2n) is 4.12. The number of hydrogen-bond donors (Lipinski definition) is 0. The van der Waals surface area contributed by atoms with Crippen LogP contribution in [0.5, 0.6) is 0 Å². The molecule has 0 radical (unpaired) electrons. The second-order valence-corrected chi connectivity index (χ2v) is 7.72. The molecule has 1 unspecified atom stereocenters. The molecule has 0 saturated carbocycles. The van der Waals surface area contributed by atoms with Crippen LogP contribution in [-0.2, 0) is 19.4 Å². The average molecular weight is 295 g/mol. The van der Waals surface area contributed by atoms with Crippen LogP contribution >= 0.6 is 11.8 Å². The molecule has 1 atom stereocenters. The Morgan fingerprint density at radius 1 is 1.44 bits per heavy atom. The zero-order valence-corrected chi connectivity index (χ0v) is 12.6. The van der Waals surface area contributed by atoms with Crippen molar-refractivity contribution in [3.8, 4) is 0 Å². The summed E-state index contributed by atoms with van der Waals surface area (Å²) in [5.74, 6) is 1.11. The van der Waals surface area contributed by atoms with E-state index in [1.165, 1.54) is 4.90 Å². The SMILES string of the molecule is CCCOCC(=O)N1CCSCC1S(=O)(=O)CC. The van der Waals surface area contributed by atoms with Gasteiger partial charge in [0, 0.05) is 30.4 Å². The van der Waals surface area contributed by atoms with Crippen molar-refractivity contribution in [1.29, 1.82) is 0 Å². The minimum atomic E-state index is -3.22. The van der Waals surface area contributed by atoms with Gasteiger partial charge >= 0.3 is 0 Å². The molecular weight excluding hydrogens is 274 g/mol. The van der Waals surface area contributed by atoms with E-state index in [0.29, 0.717) is 18.9 Å². The van der Waals surface area contributed by atoms with Crippen molar-refractivity contribution in [2.45, 2.75) is 25.6 Å². The van der Waals surface area contributed by atoms with Gasteiger partial charge in [-0.2, -0.15) is 11.8 Å². The molecule has 1 aliphatic heterocycles. The third kappa shape index (κ3) is 4.13. The number of amides is 1. The maximum atomic E-state index is 12.0. The first-order chi connectivity index (χ1) is 8.53. The van der Waals surface area contributed by atoms with E-state index in [-0.39, 0.29) is 18.3 Å². The van der Waals surface area contributed by atoms with Crippen LogP contribution in [0.4, 0.5) is 0 Å². The summed E-state index contributed by atoms with van der Waals surface area (Å²) in [5, 5.41) is -0.682. The van der Waals surface area contributed by atoms with E-state index >= 15 is 0 Å². The van der Waals surface area contributed by atoms with E-state index in [0.717, 1.165) is 12.2 Å². The topological polar surface area (TPSA) is 63.7 Å². The largest absolute Gasteiger partial charge is 0.372 e. The predicted molar refractivity (Wildman–Crippen MR) is 73.4 cm³/mol. The van der Waals surface area contributed by atoms with Gasteiger partial charge in [0.15, 0.2) is 9.84 Å². The van der Waals surface area contributed by atoms with Crippen molar-refractivity contribution in [3.63, 3.8) is 0 Å². The summed E-state index contributed by atoms with van der Waals surface area (Å²) in [6.07, 6.45) is 0.847. The fourth-order valence-electron chi connectivity index (χ4n) is 1.74. The number of ether oxygens (including phenoxy) is 1. The molecule has 5 nitrogen and oxygen atoms in total. The highest BCUT2D eigenvalue weighted by molar-refractivity contribution is 8.01. The Morgan fingerprint density at radius 3 is 2.78 bits per heavy atom. The molecule has 1 fully saturated rings. The molecule has 0 aromatic rings. The molecule has 7 heteroatoms. The van der Waals surface area contributed by atoms with Gasteiger partial charge in [-0.25, -0.2) is 8.42 Å². The lowest BCUT2D eigenvalue weighted by Gasteiger charge is -2.34. The molecular formula is C11H21NO4S2. The zero-order chi connectivity index (χ0) is 13.6. The van der Waals surface area contributed by atoms with Crippen LogP contribution in [0.25, 0.3) is 0 Å². The summed E-state index contributed by atoms with van der Waals surface area (Å²) < 4.78 is 29.1. The van der Waals surface area contributed by atoms with Crippen molar-refractivity contribution in [3.05, 3.63) is 0 Å². The van der Waals surface area contributed by atoms with Gasteiger partial charge in [-0.05, 0) is 6.42 Å². The standard InChI is InChI=1S/C11H21NO4S2/c1-3-6-16-8-10(13)12-5-7-17-9-11(12)18(14,15)4-2/h11H,3-9H2,1-2H3. The maximum Gasteiger partial charge on any atom is 0.249 e. The summed E-state index contributed by atoms with van der Waals surface area (Å²) in [6.45, 7) is 4.58. The van der Waals surface area contributed by atoms with Crippen molar-refractivity contribution in [1.82, 2.24) is 4.90 Å². The van der Waals surface area contributed by atoms with Crippen LogP contribution < -0.4 is 0 Å². The minimum absolute atomic E-state index is 0.0196. The Kier molecular flexibility index (Phi) is 6.45. The Hall–Kier alpha value is -0.270. The molecule has 1 aliphatic rings. The second kappa shape index (κ2) is 7.35. The molecule has 1 rings (SSSR count). The van der Waals surface area contributed by atoms with E-state index in [1.807, 2.05) is 6.92 Å². The number of carbonyl (C=O) groups excluding carboxylic acids is 1. The molecule has 106 valence electrons. The first kappa shape index (κ1) is 15.8. The van der Waals surface area contributed by atoms with Gasteiger partial charge < -0.3 is 9.64 Å². The molecule has 0 bridgehead atoms. The molecule has 0 N–H and O–H groups in total. The van der Waals surface area contributed by atoms with Crippen LogP contribution in [0.1, 0.15) is 20.3 Å². The number of carbonyl (C=O) groups is 1. The normalized spacial score (nSPS) is 21.0. The van der Waals surface area contributed by atoms with E-state index < -0.39 is 15.2 Å². The summed E-state index contributed by atoms with van der Waals surface area (Å²) in [4.78, 5) is 13.4. The van der Waals surface area contributed by atoms with Gasteiger partial charge in [0.2, 0.25) is 5.91 Å². The number of thioether (sulfide) groups is 1. The van der Waals surface area contributed by atoms with Crippen LogP contribution in [0.3, 0.4) is 0 Å². The molecule has 1 saturated heterocycles. The quantitative estimate of drug-likeness (QED) is 0.677. The van der Waals surface area contributed by atoms with E-state index in [2.05, 4.69) is 0 Å². The van der Waals surface area contributed by atoms with Crippen molar-refractivity contribution in [2.24, 2.45) is 0 Å². The van der Waals surface area contributed by atoms with Crippen LogP contribution in [0.2, 0.25) is 0 Å². The van der Waals surface area contributed by atoms with Crippen molar-refractivity contribution < 1.29 is 17.9 Å². The summed E-state index contributed by atoms with van der Waals surface area (Å²) >= 11 is 1.58. The number of nitrogens with zero attached hydrogens (tertiary/aromatic N) is 1. The molecule has 18 heavy (non-hydrogen) atoms. The van der Waals surface area contributed by atoms with Gasteiger partial charge in [0.25, 0.3) is 0 Å². The third-order valence-electron chi connectivity index (χ3n) is 2.80. The molecule has 1 amide bonds. The van der Waals surface area contributed by atoms with Crippen molar-refractivity contribution in [2.75, 3.05) is 37.0 Å². The summed E-state index contributed by atoms with van der Waals surface area (Å²) in [5.41, 5.74) is 0. The van der Waals surface area contributed by atoms with Gasteiger partial charge in [-0.3, -0.25) is 4.79 Å². The maximum absolute atomic E-state index is 12.0. The molecule has 1 heterocycles. The number of hydrogen-bond acceptors (Lipinski definition) is 5. The number of rotatable bonds is 6. The average Bonchev–Trinajstić information content (AvgIpc) is 2.39. The molecule has 0 aliphatic carbocycles. The first-order valence-electron chi connectivity index (χ1n) is 6.19. The smallest absolute Gasteiger partial charge is 0.249 e. The molecule has 0 aromatic carbocycles. The Bertz CT molecular complexity index is 369. The van der Waals surface area contributed by atoms with Crippen LogP contribution in [-0.4, -0.2) is 61.6 Å². The lowest BCUT2D eigenvalue weighted by molar-refractivity contribution is -0.136. The van der Waals surface area contributed by atoms with Crippen LogP contribution in [0.15, 0.2) is 0 Å². The Morgan fingerprint density at radius 2 is 2.17 bits per heavy atom. The lowest BCUT2D eigenvalue weighted by Crippen LogP contribution is -2.51. The summed E-state index contributed by atoms with van der Waals surface area (Å²) in [7, 11) is -3.22. The first-order valence-corrected chi connectivity index (χ1v) is 9.06. The van der Waals surface area contributed by atoms with Gasteiger partial charge in [-0.15, -0.1) is 0 Å². The fraction of sp³-hybridized carbons (Fsp3) is 0.909.